The van der Waals surface area contributed by atoms with Crippen molar-refractivity contribution in [2.24, 2.45) is 0 Å². The highest BCUT2D eigenvalue weighted by molar-refractivity contribution is 5.68. The Balaban J connectivity index is 2.78. The molecule has 1 rings (SSSR count). The lowest BCUT2D eigenvalue weighted by atomic mass is 10.3. The second-order valence-electron chi connectivity index (χ2n) is 2.92. The Kier molecular flexibility index (Phi) is 3.72. The van der Waals surface area contributed by atoms with Gasteiger partial charge in [0, 0.05) is 12.3 Å². The van der Waals surface area contributed by atoms with Gasteiger partial charge in [0.15, 0.2) is 6.61 Å². The molecule has 2 N–H and O–H groups in total. The fourth-order valence-corrected chi connectivity index (χ4v) is 0.938. The minimum Gasteiger partial charge on any atom is -0.479 e. The molecular weight excluding hydrogens is 218 g/mol. The van der Waals surface area contributed by atoms with Crippen LogP contribution >= 0.6 is 0 Å². The van der Waals surface area contributed by atoms with Crippen molar-refractivity contribution in [1.82, 2.24) is 4.98 Å². The number of nitrogens with one attached hydrogen (secondary N) is 1. The first-order chi connectivity index (χ1) is 7.50. The summed E-state index contributed by atoms with van der Waals surface area (Å²) < 4.78 is 0. The monoisotopic (exact) mass is 227 g/mol. The number of carboxylic acid groups (broad SMARTS) is 1. The maximum atomic E-state index is 10.6. The number of hydrogen-bond acceptors (Lipinski definition) is 6. The highest BCUT2D eigenvalue weighted by Crippen LogP contribution is 2.22. The van der Waals surface area contributed by atoms with Gasteiger partial charge in [-0.05, 0) is 12.5 Å². The van der Waals surface area contributed by atoms with Gasteiger partial charge in [-0.3, -0.25) is 15.0 Å². The molecule has 86 valence electrons. The van der Waals surface area contributed by atoms with Crippen molar-refractivity contribution in [3.05, 3.63) is 27.9 Å². The highest BCUT2D eigenvalue weighted by atomic mass is 16.7. The molecule has 0 atom stereocenters. The van der Waals surface area contributed by atoms with E-state index in [0.717, 1.165) is 0 Å². The van der Waals surface area contributed by atoms with E-state index in [4.69, 9.17) is 5.11 Å². The van der Waals surface area contributed by atoms with Crippen LogP contribution in [0.3, 0.4) is 0 Å². The number of carbonyl (C=O) groups is 1. The first-order valence-electron chi connectivity index (χ1n) is 4.21. The van der Waals surface area contributed by atoms with Crippen molar-refractivity contribution in [2.45, 2.75) is 6.92 Å². The number of nitrogens with zero attached hydrogens (tertiary/aromatic N) is 2. The third kappa shape index (κ3) is 3.17. The average molecular weight is 227 g/mol. The van der Waals surface area contributed by atoms with E-state index in [-0.39, 0.29) is 11.5 Å². The maximum Gasteiger partial charge on any atom is 0.332 e. The lowest BCUT2D eigenvalue weighted by Crippen LogP contribution is -2.13. The predicted octanol–water partition coefficient (Wildman–Crippen LogP) is 0.726. The molecule has 0 aliphatic rings. The molecule has 8 heteroatoms. The Morgan fingerprint density at radius 2 is 2.44 bits per heavy atom. The standard InChI is InChI=1S/C8H9N3O5/c1-5-2-6(11(14)15)8(9-3-5)10-16-4-7(12)13/h2-3H,4H2,1H3,(H,9,10)(H,12,13). The molecule has 0 spiro atoms. The molecular formula is C8H9N3O5. The van der Waals surface area contributed by atoms with Crippen LogP contribution in [0.5, 0.6) is 0 Å². The van der Waals surface area contributed by atoms with Crippen LogP contribution in [-0.4, -0.2) is 27.6 Å². The van der Waals surface area contributed by atoms with Crippen molar-refractivity contribution in [2.75, 3.05) is 12.1 Å². The Morgan fingerprint density at radius 1 is 1.75 bits per heavy atom. The fraction of sp³-hybridized carbons (Fsp3) is 0.250. The molecule has 0 radical (unpaired) electrons. The summed E-state index contributed by atoms with van der Waals surface area (Å²) in [6.45, 7) is 1.04. The van der Waals surface area contributed by atoms with E-state index in [0.29, 0.717) is 5.56 Å². The molecule has 8 nitrogen and oxygen atoms in total. The largest absolute Gasteiger partial charge is 0.479 e. The van der Waals surface area contributed by atoms with Gasteiger partial charge in [0.25, 0.3) is 0 Å². The van der Waals surface area contributed by atoms with Gasteiger partial charge in [0.1, 0.15) is 0 Å². The second-order valence-corrected chi connectivity index (χ2v) is 2.92. The zero-order chi connectivity index (χ0) is 12.1. The Labute approximate surface area is 90.0 Å². The van der Waals surface area contributed by atoms with Crippen LogP contribution in [0.4, 0.5) is 11.5 Å². The van der Waals surface area contributed by atoms with E-state index < -0.39 is 17.5 Å². The summed E-state index contributed by atoms with van der Waals surface area (Å²) in [5.74, 6) is -1.32. The summed E-state index contributed by atoms with van der Waals surface area (Å²) in [5, 5.41) is 18.9. The quantitative estimate of drug-likeness (QED) is 0.562. The molecule has 0 saturated carbocycles. The third-order valence-electron chi connectivity index (χ3n) is 1.57. The van der Waals surface area contributed by atoms with E-state index in [1.165, 1.54) is 12.3 Å². The van der Waals surface area contributed by atoms with E-state index in [9.17, 15) is 14.9 Å². The van der Waals surface area contributed by atoms with Crippen LogP contribution in [-0.2, 0) is 9.63 Å². The molecule has 0 unspecified atom stereocenters. The number of anilines is 1. The van der Waals surface area contributed by atoms with Gasteiger partial charge in [0.2, 0.25) is 5.82 Å². The van der Waals surface area contributed by atoms with Crippen molar-refractivity contribution in [3.63, 3.8) is 0 Å². The summed E-state index contributed by atoms with van der Waals surface area (Å²) in [7, 11) is 0. The van der Waals surface area contributed by atoms with Gasteiger partial charge in [-0.1, -0.05) is 0 Å². The molecule has 0 aliphatic carbocycles. The van der Waals surface area contributed by atoms with E-state index in [1.807, 2.05) is 0 Å². The molecule has 1 aromatic rings. The average Bonchev–Trinajstić information content (AvgIpc) is 2.19. The predicted molar refractivity (Wildman–Crippen MR) is 52.8 cm³/mol. The molecule has 0 bridgehead atoms. The lowest BCUT2D eigenvalue weighted by Gasteiger charge is -2.04. The zero-order valence-electron chi connectivity index (χ0n) is 8.34. The topological polar surface area (TPSA) is 115 Å². The molecule has 0 amide bonds. The van der Waals surface area contributed by atoms with Crippen LogP contribution in [0.1, 0.15) is 5.56 Å². The van der Waals surface area contributed by atoms with E-state index >= 15 is 0 Å². The van der Waals surface area contributed by atoms with Gasteiger partial charge < -0.3 is 5.11 Å². The van der Waals surface area contributed by atoms with Crippen molar-refractivity contribution in [3.8, 4) is 0 Å². The summed E-state index contributed by atoms with van der Waals surface area (Å²) in [6, 6.07) is 1.31. The van der Waals surface area contributed by atoms with Gasteiger partial charge in [0.05, 0.1) is 4.92 Å². The van der Waals surface area contributed by atoms with Crippen LogP contribution in [0.2, 0.25) is 0 Å². The number of aromatic nitrogens is 1. The number of aliphatic carboxylic acids is 1. The first-order valence-corrected chi connectivity index (χ1v) is 4.21. The zero-order valence-corrected chi connectivity index (χ0v) is 8.34. The Bertz CT molecular complexity index is 420. The highest BCUT2D eigenvalue weighted by Gasteiger charge is 2.15. The van der Waals surface area contributed by atoms with E-state index in [2.05, 4.69) is 15.3 Å². The van der Waals surface area contributed by atoms with Crippen LogP contribution < -0.4 is 5.48 Å². The smallest absolute Gasteiger partial charge is 0.332 e. The maximum absolute atomic E-state index is 10.6. The Morgan fingerprint density at radius 3 is 3.00 bits per heavy atom. The molecule has 1 heterocycles. The number of pyridine rings is 1. The third-order valence-corrected chi connectivity index (χ3v) is 1.57. The van der Waals surface area contributed by atoms with Crippen LogP contribution in [0.25, 0.3) is 0 Å². The molecule has 1 aromatic heterocycles. The molecule has 16 heavy (non-hydrogen) atoms. The Hall–Kier alpha value is -2.22. The van der Waals surface area contributed by atoms with Crippen molar-refractivity contribution < 1.29 is 19.7 Å². The number of nitro groups is 1. The number of aryl methyl sites for hydroxylation is 1. The van der Waals surface area contributed by atoms with Gasteiger partial charge in [-0.15, -0.1) is 0 Å². The van der Waals surface area contributed by atoms with Gasteiger partial charge in [-0.25, -0.2) is 15.3 Å². The normalized spacial score (nSPS) is 9.81. The number of carboxylic acids is 1. The SMILES string of the molecule is Cc1cnc(NOCC(=O)O)c([N+](=O)[O-])c1. The number of rotatable bonds is 5. The summed E-state index contributed by atoms with van der Waals surface area (Å²) in [5.41, 5.74) is 2.47. The summed E-state index contributed by atoms with van der Waals surface area (Å²) in [4.78, 5) is 28.4. The molecule has 0 aromatic carbocycles. The molecule has 0 aliphatic heterocycles. The minimum atomic E-state index is -1.19. The summed E-state index contributed by atoms with van der Waals surface area (Å²) >= 11 is 0. The minimum absolute atomic E-state index is 0.128. The second kappa shape index (κ2) is 5.03. The summed E-state index contributed by atoms with van der Waals surface area (Å²) in [6.07, 6.45) is 1.40. The van der Waals surface area contributed by atoms with Gasteiger partial charge in [-0.2, -0.15) is 0 Å². The van der Waals surface area contributed by atoms with Gasteiger partial charge >= 0.3 is 11.7 Å². The van der Waals surface area contributed by atoms with Crippen LogP contribution in [0.15, 0.2) is 12.3 Å². The van der Waals surface area contributed by atoms with Crippen molar-refractivity contribution in [1.29, 1.82) is 0 Å². The molecule has 0 saturated heterocycles. The van der Waals surface area contributed by atoms with Crippen LogP contribution in [0, 0.1) is 17.0 Å². The fourth-order valence-electron chi connectivity index (χ4n) is 0.938. The lowest BCUT2D eigenvalue weighted by molar-refractivity contribution is -0.384. The molecule has 0 fully saturated rings. The van der Waals surface area contributed by atoms with E-state index in [1.54, 1.807) is 6.92 Å². The number of hydrogen-bond donors (Lipinski definition) is 2. The first kappa shape index (κ1) is 11.9. The van der Waals surface area contributed by atoms with Crippen molar-refractivity contribution >= 4 is 17.5 Å².